The van der Waals surface area contributed by atoms with Crippen LogP contribution in [-0.2, 0) is 12.0 Å². The highest BCUT2D eigenvalue weighted by Crippen LogP contribution is 2.41. The maximum absolute atomic E-state index is 10.3. The Morgan fingerprint density at radius 1 is 1.00 bits per heavy atom. The molecule has 0 aliphatic carbocycles. The normalized spacial score (nSPS) is 14.8. The van der Waals surface area contributed by atoms with Crippen molar-refractivity contribution in [3.05, 3.63) is 70.2 Å². The molecule has 0 heterocycles. The van der Waals surface area contributed by atoms with Crippen molar-refractivity contribution in [2.75, 3.05) is 0 Å². The van der Waals surface area contributed by atoms with E-state index in [1.165, 1.54) is 5.56 Å². The lowest BCUT2D eigenvalue weighted by Gasteiger charge is -2.38. The minimum absolute atomic E-state index is 0.241. The Hall–Kier alpha value is -1.63. The topological polar surface area (TPSA) is 27.0 Å². The molecule has 2 rings (SSSR count). The van der Waals surface area contributed by atoms with E-state index in [2.05, 4.69) is 104 Å². The summed E-state index contributed by atoms with van der Waals surface area (Å²) in [6, 6.07) is 22.6. The van der Waals surface area contributed by atoms with Gasteiger partial charge in [-0.3, -0.25) is 4.90 Å². The Morgan fingerprint density at radius 3 is 2.14 bits per heavy atom. The number of benzene rings is 2. The first kappa shape index (κ1) is 23.6. The average molecular weight is 455 g/mol. The van der Waals surface area contributed by atoms with Crippen molar-refractivity contribution < 1.29 is 0 Å². The van der Waals surface area contributed by atoms with Crippen LogP contribution in [0, 0.1) is 17.2 Å². The highest BCUT2D eigenvalue weighted by molar-refractivity contribution is 9.10. The zero-order valence-electron chi connectivity index (χ0n) is 18.5. The highest BCUT2D eigenvalue weighted by Gasteiger charge is 2.38. The van der Waals surface area contributed by atoms with Crippen molar-refractivity contribution in [3.63, 3.8) is 0 Å². The van der Waals surface area contributed by atoms with Crippen LogP contribution in [0.4, 0.5) is 0 Å². The zero-order valence-corrected chi connectivity index (χ0v) is 20.1. The molecule has 2 nitrogen and oxygen atoms in total. The number of nitriles is 1. The molecule has 2 aromatic rings. The van der Waals surface area contributed by atoms with E-state index in [1.807, 2.05) is 12.1 Å². The van der Waals surface area contributed by atoms with E-state index in [-0.39, 0.29) is 5.92 Å². The van der Waals surface area contributed by atoms with Gasteiger partial charge in [-0.15, -0.1) is 0 Å². The van der Waals surface area contributed by atoms with Gasteiger partial charge in [0.2, 0.25) is 0 Å². The monoisotopic (exact) mass is 454 g/mol. The van der Waals surface area contributed by atoms with Gasteiger partial charge in [0.1, 0.15) is 0 Å². The van der Waals surface area contributed by atoms with Gasteiger partial charge in [0.05, 0.1) is 11.5 Å². The van der Waals surface area contributed by atoms with Crippen LogP contribution in [0.25, 0.3) is 0 Å². The molecule has 0 aliphatic heterocycles. The summed E-state index contributed by atoms with van der Waals surface area (Å²) >= 11 is 3.70. The van der Waals surface area contributed by atoms with Crippen molar-refractivity contribution in [2.45, 2.75) is 77.9 Å². The van der Waals surface area contributed by atoms with Crippen LogP contribution in [0.1, 0.15) is 65.0 Å². The van der Waals surface area contributed by atoms with E-state index in [0.29, 0.717) is 12.1 Å². The first-order chi connectivity index (χ1) is 13.9. The third-order valence-corrected chi connectivity index (χ3v) is 6.91. The van der Waals surface area contributed by atoms with Gasteiger partial charge in [-0.05, 0) is 56.2 Å². The second-order valence-electron chi connectivity index (χ2n) is 8.57. The van der Waals surface area contributed by atoms with Crippen LogP contribution >= 0.6 is 15.9 Å². The predicted octanol–water partition coefficient (Wildman–Crippen LogP) is 7.34. The van der Waals surface area contributed by atoms with Crippen LogP contribution in [0.2, 0.25) is 0 Å². The highest BCUT2D eigenvalue weighted by atomic mass is 79.9. The maximum atomic E-state index is 10.3. The van der Waals surface area contributed by atoms with Crippen LogP contribution in [0.5, 0.6) is 0 Å². The smallest absolute Gasteiger partial charge is 0.0856 e. The molecular weight excluding hydrogens is 420 g/mol. The van der Waals surface area contributed by atoms with E-state index in [1.54, 1.807) is 0 Å². The van der Waals surface area contributed by atoms with Gasteiger partial charge in [0, 0.05) is 23.1 Å². The Balaban J connectivity index is 2.27. The van der Waals surface area contributed by atoms with Gasteiger partial charge in [-0.2, -0.15) is 5.26 Å². The summed E-state index contributed by atoms with van der Waals surface area (Å²) in [4.78, 5) is 2.60. The van der Waals surface area contributed by atoms with Crippen molar-refractivity contribution in [2.24, 2.45) is 5.92 Å². The lowest BCUT2D eigenvalue weighted by Crippen LogP contribution is -2.41. The molecule has 156 valence electrons. The Labute approximate surface area is 186 Å². The van der Waals surface area contributed by atoms with Crippen molar-refractivity contribution in [1.82, 2.24) is 4.90 Å². The molecular formula is C26H35BrN2. The molecule has 0 saturated heterocycles. The minimum atomic E-state index is -0.483. The fourth-order valence-corrected chi connectivity index (χ4v) is 4.97. The zero-order chi connectivity index (χ0) is 21.4. The Morgan fingerprint density at radius 2 is 1.62 bits per heavy atom. The molecule has 2 atom stereocenters. The van der Waals surface area contributed by atoms with Gasteiger partial charge in [0.15, 0.2) is 0 Å². The van der Waals surface area contributed by atoms with E-state index >= 15 is 0 Å². The van der Waals surface area contributed by atoms with Crippen molar-refractivity contribution in [1.29, 1.82) is 5.26 Å². The molecule has 0 saturated carbocycles. The van der Waals surface area contributed by atoms with Crippen LogP contribution < -0.4 is 0 Å². The standard InChI is InChI=1S/C26H35BrN2/c1-6-23(29(21(4)5)18-22-12-8-7-9-13-22)16-17-26(19-28,20(2)3)24-14-10-11-15-25(24)27/h7-15,20-21,23H,6,16-18H2,1-5H3. The van der Waals surface area contributed by atoms with E-state index in [9.17, 15) is 5.26 Å². The van der Waals surface area contributed by atoms with Crippen LogP contribution in [0.3, 0.4) is 0 Å². The van der Waals surface area contributed by atoms with Crippen molar-refractivity contribution >= 4 is 15.9 Å². The molecule has 0 radical (unpaired) electrons. The average Bonchev–Trinajstić information content (AvgIpc) is 2.71. The van der Waals surface area contributed by atoms with Gasteiger partial charge >= 0.3 is 0 Å². The molecule has 0 spiro atoms. The van der Waals surface area contributed by atoms with Gasteiger partial charge in [-0.25, -0.2) is 0 Å². The summed E-state index contributed by atoms with van der Waals surface area (Å²) in [6.45, 7) is 12.1. The number of nitrogens with zero attached hydrogens (tertiary/aromatic N) is 2. The largest absolute Gasteiger partial charge is 0.294 e. The fraction of sp³-hybridized carbons (Fsp3) is 0.500. The first-order valence-corrected chi connectivity index (χ1v) is 11.6. The molecule has 0 fully saturated rings. The second-order valence-corrected chi connectivity index (χ2v) is 9.42. The number of halogens is 1. The van der Waals surface area contributed by atoms with Crippen molar-refractivity contribution in [3.8, 4) is 6.07 Å². The lowest BCUT2D eigenvalue weighted by atomic mass is 9.69. The molecule has 2 aromatic carbocycles. The Bertz CT molecular complexity index is 794. The van der Waals surface area contributed by atoms with Crippen LogP contribution in [0.15, 0.2) is 59.1 Å². The molecule has 0 bridgehead atoms. The van der Waals surface area contributed by atoms with Gasteiger partial charge in [0.25, 0.3) is 0 Å². The third kappa shape index (κ3) is 5.71. The molecule has 0 amide bonds. The summed E-state index contributed by atoms with van der Waals surface area (Å²) in [6.07, 6.45) is 2.95. The van der Waals surface area contributed by atoms with E-state index in [0.717, 1.165) is 35.8 Å². The quantitative estimate of drug-likeness (QED) is 0.375. The minimum Gasteiger partial charge on any atom is -0.294 e. The molecule has 29 heavy (non-hydrogen) atoms. The van der Waals surface area contributed by atoms with E-state index < -0.39 is 5.41 Å². The number of hydrogen-bond donors (Lipinski definition) is 0. The SMILES string of the molecule is CCC(CCC(C#N)(c1ccccc1Br)C(C)C)N(Cc1ccccc1)C(C)C. The van der Waals surface area contributed by atoms with Gasteiger partial charge in [-0.1, -0.05) is 85.2 Å². The van der Waals surface area contributed by atoms with Crippen LogP contribution in [-0.4, -0.2) is 17.0 Å². The molecule has 0 aliphatic rings. The molecule has 0 N–H and O–H groups in total. The first-order valence-electron chi connectivity index (χ1n) is 10.8. The summed E-state index contributed by atoms with van der Waals surface area (Å²) in [5, 5.41) is 10.3. The summed E-state index contributed by atoms with van der Waals surface area (Å²) in [7, 11) is 0. The second kappa shape index (κ2) is 11.0. The fourth-order valence-electron chi connectivity index (χ4n) is 4.33. The number of hydrogen-bond acceptors (Lipinski definition) is 2. The summed E-state index contributed by atoms with van der Waals surface area (Å²) in [5.74, 6) is 0.241. The van der Waals surface area contributed by atoms with Gasteiger partial charge < -0.3 is 0 Å². The lowest BCUT2D eigenvalue weighted by molar-refractivity contribution is 0.123. The van der Waals surface area contributed by atoms with E-state index in [4.69, 9.17) is 0 Å². The summed E-state index contributed by atoms with van der Waals surface area (Å²) < 4.78 is 1.04. The molecule has 3 heteroatoms. The third-order valence-electron chi connectivity index (χ3n) is 6.22. The Kier molecular flexibility index (Phi) is 8.93. The maximum Gasteiger partial charge on any atom is 0.0856 e. The number of rotatable bonds is 10. The predicted molar refractivity (Wildman–Crippen MR) is 127 cm³/mol. The summed E-state index contributed by atoms with van der Waals surface area (Å²) in [5.41, 5.74) is 1.98. The molecule has 2 unspecified atom stereocenters. The molecule has 0 aromatic heterocycles.